The van der Waals surface area contributed by atoms with Gasteiger partial charge < -0.3 is 23.7 Å². The number of aromatic nitrogens is 2. The zero-order valence-corrected chi connectivity index (χ0v) is 24.5. The largest absolute Gasteiger partial charge is 0.497 e. The van der Waals surface area contributed by atoms with Gasteiger partial charge in [-0.1, -0.05) is 72.8 Å². The molecule has 1 N–H and O–H groups in total. The Labute approximate surface area is 253 Å². The van der Waals surface area contributed by atoms with Crippen molar-refractivity contribution in [2.45, 2.75) is 31.0 Å². The summed E-state index contributed by atoms with van der Waals surface area (Å²) in [6, 6.07) is 28.7. The summed E-state index contributed by atoms with van der Waals surface area (Å²) < 4.78 is 31.5. The molecular weight excluding hydrogens is 564 g/mol. The number of carbonyl (C=O) groups excluding carboxylic acids is 1. The highest BCUT2D eigenvalue weighted by molar-refractivity contribution is 5.90. The van der Waals surface area contributed by atoms with Crippen LogP contribution >= 0.6 is 0 Å². The van der Waals surface area contributed by atoms with Gasteiger partial charge in [0.05, 0.1) is 32.3 Å². The van der Waals surface area contributed by atoms with Crippen LogP contribution in [-0.4, -0.2) is 48.6 Å². The Balaban J connectivity index is 1.44. The summed E-state index contributed by atoms with van der Waals surface area (Å²) in [6.07, 6.45) is -1.00. The minimum Gasteiger partial charge on any atom is -0.497 e. The first-order valence-corrected chi connectivity index (χ1v) is 14.2. The highest BCUT2D eigenvalue weighted by Crippen LogP contribution is 2.48. The van der Waals surface area contributed by atoms with Crippen LogP contribution in [0.4, 0.5) is 0 Å². The summed E-state index contributed by atoms with van der Waals surface area (Å²) in [5.41, 5.74) is 0.613. The first-order valence-electron chi connectivity index (χ1n) is 14.2. The first kappa shape index (κ1) is 29.2. The molecule has 0 spiro atoms. The molecule has 3 aromatic carbocycles. The zero-order valence-electron chi connectivity index (χ0n) is 24.5. The number of hydrogen-bond acceptors (Lipinski definition) is 8. The minimum absolute atomic E-state index is 0.0212. The molecule has 226 valence electrons. The molecule has 0 radical (unpaired) electrons. The number of hydrogen-bond donors (Lipinski definition) is 1. The van der Waals surface area contributed by atoms with E-state index in [9.17, 15) is 14.4 Å². The summed E-state index contributed by atoms with van der Waals surface area (Å²) in [5.74, 6) is -0.182. The molecule has 4 aromatic rings. The summed E-state index contributed by atoms with van der Waals surface area (Å²) in [4.78, 5) is 39.9. The summed E-state index contributed by atoms with van der Waals surface area (Å²) in [6.45, 7) is 1.71. The molecular formula is C34H32N2O8. The van der Waals surface area contributed by atoms with Crippen LogP contribution < -0.4 is 16.0 Å². The van der Waals surface area contributed by atoms with Gasteiger partial charge >= 0.3 is 11.7 Å². The molecule has 1 saturated heterocycles. The highest BCUT2D eigenvalue weighted by atomic mass is 16.6. The number of nitrogens with one attached hydrogen (secondary N) is 1. The number of allylic oxidation sites excluding steroid dienone is 1. The number of benzene rings is 3. The van der Waals surface area contributed by atoms with Crippen LogP contribution in [0.25, 0.3) is 0 Å². The number of nitrogens with zero attached hydrogens (tertiary/aromatic N) is 1. The standard InChI is InChI=1S/C34H32N2O8/c1-21-28(32(38)41-3)29-30(43-21)26(44-31(29)36-19-18-27(37)35-33(36)39)20-42-34(22-10-6-4-7-11-22,23-12-8-5-9-13-23)24-14-16-25(40-2)17-15-24/h4-19,26,29-31H,20H2,1-3H3,(H,35,37,39)/t26-,29-,30-,31-/m1/s1. The van der Waals surface area contributed by atoms with Crippen molar-refractivity contribution in [2.75, 3.05) is 20.8 Å². The van der Waals surface area contributed by atoms with Crippen molar-refractivity contribution in [2.24, 2.45) is 5.92 Å². The monoisotopic (exact) mass is 596 g/mol. The van der Waals surface area contributed by atoms with Crippen molar-refractivity contribution in [3.8, 4) is 5.75 Å². The van der Waals surface area contributed by atoms with E-state index >= 15 is 0 Å². The van der Waals surface area contributed by atoms with Gasteiger partial charge in [0.2, 0.25) is 0 Å². The van der Waals surface area contributed by atoms with Gasteiger partial charge in [-0.05, 0) is 35.7 Å². The molecule has 0 amide bonds. The van der Waals surface area contributed by atoms with E-state index in [0.717, 1.165) is 16.7 Å². The predicted octanol–water partition coefficient (Wildman–Crippen LogP) is 3.91. The topological polar surface area (TPSA) is 118 Å². The summed E-state index contributed by atoms with van der Waals surface area (Å²) in [5, 5.41) is 0. The Bertz CT molecular complexity index is 1740. The molecule has 2 aliphatic heterocycles. The third-order valence-electron chi connectivity index (χ3n) is 8.22. The first-order chi connectivity index (χ1) is 21.4. The molecule has 1 fully saturated rings. The maximum atomic E-state index is 12.9. The van der Waals surface area contributed by atoms with Crippen molar-refractivity contribution < 1.29 is 28.5 Å². The number of ether oxygens (including phenoxy) is 5. The highest BCUT2D eigenvalue weighted by Gasteiger charge is 2.56. The van der Waals surface area contributed by atoms with E-state index in [1.54, 1.807) is 14.0 Å². The maximum Gasteiger partial charge on any atom is 0.337 e. The van der Waals surface area contributed by atoms with Gasteiger partial charge in [0.15, 0.2) is 0 Å². The molecule has 10 nitrogen and oxygen atoms in total. The SMILES string of the molecule is COC(=O)C1=C(C)O[C@H]2[C@@H]1[C@H](n1ccc(=O)[nH]c1=O)O[C@@H]2COC(c1ccccc1)(c1ccccc1)c1ccc(OC)cc1. The molecule has 10 heteroatoms. The number of fused-ring (bicyclic) bond motifs is 1. The Morgan fingerprint density at radius 3 is 2.07 bits per heavy atom. The predicted molar refractivity (Wildman–Crippen MR) is 160 cm³/mol. The van der Waals surface area contributed by atoms with E-state index in [-0.39, 0.29) is 12.2 Å². The van der Waals surface area contributed by atoms with Crippen LogP contribution in [0.3, 0.4) is 0 Å². The second kappa shape index (κ2) is 12.0. The Hall–Kier alpha value is -4.93. The molecule has 3 heterocycles. The van der Waals surface area contributed by atoms with Crippen LogP contribution in [0, 0.1) is 5.92 Å². The zero-order chi connectivity index (χ0) is 30.8. The number of esters is 1. The molecule has 1 aromatic heterocycles. The Morgan fingerprint density at radius 1 is 0.886 bits per heavy atom. The van der Waals surface area contributed by atoms with E-state index < -0.39 is 47.2 Å². The van der Waals surface area contributed by atoms with E-state index in [1.165, 1.54) is 23.9 Å². The number of rotatable bonds is 9. The smallest absolute Gasteiger partial charge is 0.337 e. The lowest BCUT2D eigenvalue weighted by Gasteiger charge is -2.37. The average Bonchev–Trinajstić information content (AvgIpc) is 3.57. The van der Waals surface area contributed by atoms with Gasteiger partial charge in [0.1, 0.15) is 35.5 Å². The fraction of sp³-hybridized carbons (Fsp3) is 0.265. The van der Waals surface area contributed by atoms with Gasteiger partial charge in [-0.15, -0.1) is 0 Å². The van der Waals surface area contributed by atoms with Crippen molar-refractivity contribution in [3.63, 3.8) is 0 Å². The van der Waals surface area contributed by atoms with Crippen molar-refractivity contribution in [1.82, 2.24) is 9.55 Å². The Morgan fingerprint density at radius 2 is 1.50 bits per heavy atom. The van der Waals surface area contributed by atoms with Crippen LogP contribution in [0.5, 0.6) is 5.75 Å². The molecule has 44 heavy (non-hydrogen) atoms. The van der Waals surface area contributed by atoms with E-state index in [1.807, 2.05) is 84.9 Å². The summed E-state index contributed by atoms with van der Waals surface area (Å²) >= 11 is 0. The van der Waals surface area contributed by atoms with Crippen LogP contribution in [-0.2, 0) is 29.3 Å². The lowest BCUT2D eigenvalue weighted by atomic mass is 9.80. The summed E-state index contributed by atoms with van der Waals surface area (Å²) in [7, 11) is 2.90. The van der Waals surface area contributed by atoms with Crippen LogP contribution in [0.15, 0.2) is 118 Å². The van der Waals surface area contributed by atoms with Crippen LogP contribution in [0.1, 0.15) is 29.8 Å². The molecule has 0 unspecified atom stereocenters. The number of H-pyrrole nitrogens is 1. The van der Waals surface area contributed by atoms with Gasteiger partial charge in [0.25, 0.3) is 5.56 Å². The normalized spacial score (nSPS) is 21.1. The maximum absolute atomic E-state index is 12.9. The fourth-order valence-electron chi connectivity index (χ4n) is 6.21. The van der Waals surface area contributed by atoms with E-state index in [4.69, 9.17) is 23.7 Å². The molecule has 0 bridgehead atoms. The Kier molecular flexibility index (Phi) is 7.94. The number of carbonyl (C=O) groups is 1. The third-order valence-corrected chi connectivity index (χ3v) is 8.22. The lowest BCUT2D eigenvalue weighted by molar-refractivity contribution is -0.137. The van der Waals surface area contributed by atoms with Crippen LogP contribution in [0.2, 0.25) is 0 Å². The average molecular weight is 597 g/mol. The van der Waals surface area contributed by atoms with Crippen molar-refractivity contribution in [3.05, 3.63) is 146 Å². The van der Waals surface area contributed by atoms with E-state index in [0.29, 0.717) is 11.5 Å². The van der Waals surface area contributed by atoms with Crippen molar-refractivity contribution in [1.29, 1.82) is 0 Å². The van der Waals surface area contributed by atoms with Gasteiger partial charge in [0, 0.05) is 12.3 Å². The number of aromatic amines is 1. The molecule has 0 aliphatic carbocycles. The second-order valence-electron chi connectivity index (χ2n) is 10.6. The fourth-order valence-corrected chi connectivity index (χ4v) is 6.21. The van der Waals surface area contributed by atoms with Gasteiger partial charge in [-0.25, -0.2) is 9.59 Å². The lowest BCUT2D eigenvalue weighted by Crippen LogP contribution is -2.38. The molecule has 0 saturated carbocycles. The van der Waals surface area contributed by atoms with Crippen molar-refractivity contribution >= 4 is 5.97 Å². The van der Waals surface area contributed by atoms with Gasteiger partial charge in [-0.2, -0.15) is 0 Å². The quantitative estimate of drug-likeness (QED) is 0.228. The minimum atomic E-state index is -1.08. The molecule has 4 atom stereocenters. The number of methoxy groups -OCH3 is 2. The second-order valence-corrected chi connectivity index (χ2v) is 10.6. The molecule has 6 rings (SSSR count). The van der Waals surface area contributed by atoms with Gasteiger partial charge in [-0.3, -0.25) is 14.3 Å². The van der Waals surface area contributed by atoms with E-state index in [2.05, 4.69) is 4.98 Å². The molecule has 2 aliphatic rings. The third kappa shape index (κ3) is 5.01.